The number of hydrogen-bond donors (Lipinski definition) is 2. The largest absolute Gasteiger partial charge is 0.325 e. The Balaban J connectivity index is 0.00000242. The van der Waals surface area contributed by atoms with Gasteiger partial charge in [0.1, 0.15) is 0 Å². The van der Waals surface area contributed by atoms with Crippen LogP contribution in [0.15, 0.2) is 29.2 Å². The highest BCUT2D eigenvalue weighted by atomic mass is 35.5. The molecule has 0 atom stereocenters. The van der Waals surface area contributed by atoms with Crippen molar-refractivity contribution in [3.8, 4) is 0 Å². The molecule has 0 bridgehead atoms. The third-order valence-electron chi connectivity index (χ3n) is 3.86. The molecule has 1 saturated heterocycles. The Kier molecular flexibility index (Phi) is 6.73. The lowest BCUT2D eigenvalue weighted by molar-refractivity contribution is -0.119. The van der Waals surface area contributed by atoms with Crippen LogP contribution in [-0.4, -0.2) is 44.7 Å². The molecule has 2 rings (SSSR count). The predicted molar refractivity (Wildman–Crippen MR) is 93.8 cm³/mol. The summed E-state index contributed by atoms with van der Waals surface area (Å²) in [6.45, 7) is 1.07. The van der Waals surface area contributed by atoms with Crippen LogP contribution in [0.2, 0.25) is 0 Å². The van der Waals surface area contributed by atoms with E-state index >= 15 is 0 Å². The van der Waals surface area contributed by atoms with Gasteiger partial charge < -0.3 is 10.6 Å². The molecule has 0 unspecified atom stereocenters. The summed E-state index contributed by atoms with van der Waals surface area (Å²) in [7, 11) is -3.48. The molecule has 2 N–H and O–H groups in total. The van der Waals surface area contributed by atoms with Crippen molar-refractivity contribution >= 4 is 45.6 Å². The summed E-state index contributed by atoms with van der Waals surface area (Å²) in [5.74, 6) is -0.426. The maximum atomic E-state index is 12.6. The molecule has 0 radical (unpaired) electrons. The van der Waals surface area contributed by atoms with Crippen molar-refractivity contribution in [2.75, 3.05) is 30.9 Å². The number of carbonyl (C=O) groups excluding carboxylic acids is 1. The van der Waals surface area contributed by atoms with E-state index in [0.717, 1.165) is 11.2 Å². The van der Waals surface area contributed by atoms with E-state index < -0.39 is 20.5 Å². The van der Waals surface area contributed by atoms with Crippen LogP contribution in [0.4, 0.5) is 5.69 Å². The third-order valence-corrected chi connectivity index (χ3v) is 6.60. The van der Waals surface area contributed by atoms with E-state index in [0.29, 0.717) is 31.6 Å². The lowest BCUT2D eigenvalue weighted by Gasteiger charge is -2.34. The molecule has 1 fully saturated rings. The molecule has 0 aliphatic carbocycles. The van der Waals surface area contributed by atoms with Crippen LogP contribution in [0.5, 0.6) is 0 Å². The molecular formula is C14H21ClN2O3S2. The number of hydrogen-bond acceptors (Lipinski definition) is 5. The number of rotatable bonds is 4. The highest BCUT2D eigenvalue weighted by Crippen LogP contribution is 2.30. The van der Waals surface area contributed by atoms with Crippen LogP contribution in [0, 0.1) is 0 Å². The Morgan fingerprint density at radius 2 is 1.95 bits per heavy atom. The number of carbonyl (C=O) groups is 1. The fourth-order valence-corrected chi connectivity index (χ4v) is 4.34. The van der Waals surface area contributed by atoms with Gasteiger partial charge in [0.15, 0.2) is 14.6 Å². The third kappa shape index (κ3) is 3.95. The van der Waals surface area contributed by atoms with Gasteiger partial charge in [-0.2, -0.15) is 0 Å². The quantitative estimate of drug-likeness (QED) is 0.798. The van der Waals surface area contributed by atoms with Crippen LogP contribution >= 0.6 is 24.2 Å². The van der Waals surface area contributed by atoms with Gasteiger partial charge in [-0.1, -0.05) is 6.07 Å². The van der Waals surface area contributed by atoms with Gasteiger partial charge in [0.25, 0.3) is 0 Å². The molecule has 1 heterocycles. The molecule has 0 spiro atoms. The molecular weight excluding hydrogens is 344 g/mol. The second-order valence-corrected chi connectivity index (χ2v) is 8.41. The molecule has 5 nitrogen and oxygen atoms in total. The van der Waals surface area contributed by atoms with Crippen molar-refractivity contribution in [3.63, 3.8) is 0 Å². The van der Waals surface area contributed by atoms with E-state index in [4.69, 9.17) is 0 Å². The van der Waals surface area contributed by atoms with Gasteiger partial charge in [0.2, 0.25) is 5.91 Å². The first-order valence-electron chi connectivity index (χ1n) is 6.75. The maximum absolute atomic E-state index is 12.6. The average molecular weight is 365 g/mol. The van der Waals surface area contributed by atoms with Crippen molar-refractivity contribution in [1.82, 2.24) is 5.32 Å². The molecule has 1 amide bonds. The Morgan fingerprint density at radius 3 is 2.50 bits per heavy atom. The Labute approximate surface area is 142 Å². The number of nitrogens with one attached hydrogen (secondary N) is 2. The first kappa shape index (κ1) is 19.3. The number of benzene rings is 1. The zero-order valence-corrected chi connectivity index (χ0v) is 15.0. The van der Waals surface area contributed by atoms with Gasteiger partial charge in [0, 0.05) is 16.8 Å². The number of anilines is 1. The molecule has 8 heteroatoms. The highest BCUT2D eigenvalue weighted by molar-refractivity contribution is 7.98. The van der Waals surface area contributed by atoms with E-state index in [1.807, 2.05) is 24.5 Å². The first-order valence-corrected chi connectivity index (χ1v) is 9.86. The van der Waals surface area contributed by atoms with E-state index in [1.54, 1.807) is 17.8 Å². The number of sulfone groups is 1. The predicted octanol–water partition coefficient (Wildman–Crippen LogP) is 1.94. The van der Waals surface area contributed by atoms with E-state index in [2.05, 4.69) is 10.6 Å². The molecule has 124 valence electrons. The van der Waals surface area contributed by atoms with Gasteiger partial charge in [0.05, 0.1) is 0 Å². The zero-order chi connectivity index (χ0) is 15.5. The summed E-state index contributed by atoms with van der Waals surface area (Å²) in [5, 5.41) is 5.88. The summed E-state index contributed by atoms with van der Waals surface area (Å²) in [6.07, 6.45) is 3.71. The van der Waals surface area contributed by atoms with Gasteiger partial charge >= 0.3 is 0 Å². The number of piperidine rings is 1. The van der Waals surface area contributed by atoms with Crippen molar-refractivity contribution < 1.29 is 13.2 Å². The smallest absolute Gasteiger partial charge is 0.245 e. The second kappa shape index (κ2) is 7.68. The standard InChI is InChI=1S/C14H20N2O3S2.ClH/c1-20-12-5-3-4-11(10-12)16-13(17)14(21(2,18)19)6-8-15-9-7-14;/h3-5,10,15H,6-9H2,1-2H3,(H,16,17);1H. The maximum Gasteiger partial charge on any atom is 0.245 e. The topological polar surface area (TPSA) is 75.3 Å². The first-order chi connectivity index (χ1) is 9.89. The van der Waals surface area contributed by atoms with E-state index in [9.17, 15) is 13.2 Å². The lowest BCUT2D eigenvalue weighted by atomic mass is 9.95. The summed E-state index contributed by atoms with van der Waals surface area (Å²) in [4.78, 5) is 13.6. The van der Waals surface area contributed by atoms with Crippen molar-refractivity contribution in [2.24, 2.45) is 0 Å². The van der Waals surface area contributed by atoms with Gasteiger partial charge in [-0.25, -0.2) is 8.42 Å². The lowest BCUT2D eigenvalue weighted by Crippen LogP contribution is -2.55. The summed E-state index contributed by atoms with van der Waals surface area (Å²) >= 11 is 1.57. The van der Waals surface area contributed by atoms with Crippen LogP contribution in [0.25, 0.3) is 0 Å². The van der Waals surface area contributed by atoms with Gasteiger partial charge in [-0.15, -0.1) is 24.2 Å². The molecule has 0 saturated carbocycles. The summed E-state index contributed by atoms with van der Waals surface area (Å²) in [6, 6.07) is 7.41. The number of halogens is 1. The van der Waals surface area contributed by atoms with Crippen LogP contribution < -0.4 is 10.6 Å². The van der Waals surface area contributed by atoms with Crippen LogP contribution in [-0.2, 0) is 14.6 Å². The van der Waals surface area contributed by atoms with Crippen molar-refractivity contribution in [1.29, 1.82) is 0 Å². The molecule has 1 aromatic carbocycles. The van der Waals surface area contributed by atoms with Gasteiger partial charge in [-0.05, 0) is 50.4 Å². The fraction of sp³-hybridized carbons (Fsp3) is 0.500. The molecule has 0 aromatic heterocycles. The van der Waals surface area contributed by atoms with Crippen molar-refractivity contribution in [3.05, 3.63) is 24.3 Å². The Bertz CT molecular complexity index is 629. The van der Waals surface area contributed by atoms with E-state index in [1.165, 1.54) is 0 Å². The van der Waals surface area contributed by atoms with Gasteiger partial charge in [-0.3, -0.25) is 4.79 Å². The molecule has 1 aliphatic heterocycles. The second-order valence-electron chi connectivity index (χ2n) is 5.20. The molecule has 1 aromatic rings. The number of thioether (sulfide) groups is 1. The highest BCUT2D eigenvalue weighted by Gasteiger charge is 2.48. The summed E-state index contributed by atoms with van der Waals surface area (Å²) in [5.41, 5.74) is 0.633. The normalized spacial score (nSPS) is 17.4. The minimum Gasteiger partial charge on any atom is -0.325 e. The SMILES string of the molecule is CSc1cccc(NC(=O)C2(S(C)(=O)=O)CCNCC2)c1.Cl. The zero-order valence-electron chi connectivity index (χ0n) is 12.6. The number of amides is 1. The minimum absolute atomic E-state index is 0. The Morgan fingerprint density at radius 1 is 1.32 bits per heavy atom. The van der Waals surface area contributed by atoms with Crippen LogP contribution in [0.1, 0.15) is 12.8 Å². The monoisotopic (exact) mass is 364 g/mol. The average Bonchev–Trinajstić information content (AvgIpc) is 2.47. The Hall–Kier alpha value is -0.760. The molecule has 22 heavy (non-hydrogen) atoms. The van der Waals surface area contributed by atoms with E-state index in [-0.39, 0.29) is 12.4 Å². The molecule has 1 aliphatic rings. The fourth-order valence-electron chi connectivity index (χ4n) is 2.54. The summed E-state index contributed by atoms with van der Waals surface area (Å²) < 4.78 is 23.0. The van der Waals surface area contributed by atoms with Crippen molar-refractivity contribution in [2.45, 2.75) is 22.5 Å². The van der Waals surface area contributed by atoms with Crippen LogP contribution in [0.3, 0.4) is 0 Å². The minimum atomic E-state index is -3.48.